The zero-order valence-corrected chi connectivity index (χ0v) is 10.5. The Bertz CT molecular complexity index is 543. The second kappa shape index (κ2) is 4.20. The van der Waals surface area contributed by atoms with Gasteiger partial charge in [-0.3, -0.25) is 19.7 Å². The zero-order chi connectivity index (χ0) is 12.7. The number of amides is 3. The maximum Gasteiger partial charge on any atom is 0.256 e. The molecule has 1 aromatic rings. The number of carbonyl (C=O) groups is 3. The lowest BCUT2D eigenvalue weighted by molar-refractivity contribution is -0.132. The van der Waals surface area contributed by atoms with E-state index in [-0.39, 0.29) is 19.1 Å². The van der Waals surface area contributed by atoms with Crippen molar-refractivity contribution < 1.29 is 15.8 Å². The van der Waals surface area contributed by atoms with Gasteiger partial charge >= 0.3 is 0 Å². The normalized spacial score (nSPS) is 23.9. The van der Waals surface area contributed by atoms with Gasteiger partial charge in [0.05, 0.1) is 12.1 Å². The first-order chi connectivity index (χ1) is 8.66. The third-order valence-corrected chi connectivity index (χ3v) is 4.28. The molecular formula is C12H14N2O3S. The highest BCUT2D eigenvalue weighted by atomic mass is 32.1. The highest BCUT2D eigenvalue weighted by Gasteiger charge is 2.38. The van der Waals surface area contributed by atoms with Crippen molar-refractivity contribution in [3.05, 3.63) is 21.9 Å². The average molecular weight is 266 g/mol. The molecule has 1 aromatic heterocycles. The van der Waals surface area contributed by atoms with Crippen molar-refractivity contribution in [3.63, 3.8) is 0 Å². The van der Waals surface area contributed by atoms with Gasteiger partial charge in [0.2, 0.25) is 11.8 Å². The van der Waals surface area contributed by atoms with E-state index >= 15 is 0 Å². The molecule has 18 heavy (non-hydrogen) atoms. The summed E-state index contributed by atoms with van der Waals surface area (Å²) >= 11 is 1.53. The Labute approximate surface area is 109 Å². The lowest BCUT2D eigenvalue weighted by atomic mass is 10.1. The van der Waals surface area contributed by atoms with Crippen LogP contribution in [0.25, 0.3) is 0 Å². The van der Waals surface area contributed by atoms with E-state index in [1.54, 1.807) is 11.0 Å². The summed E-state index contributed by atoms with van der Waals surface area (Å²) in [6.07, 6.45) is 1.55. The molecule has 1 fully saturated rings. The van der Waals surface area contributed by atoms with Crippen molar-refractivity contribution in [3.8, 4) is 0 Å². The van der Waals surface area contributed by atoms with Gasteiger partial charge in [-0.2, -0.15) is 0 Å². The molecule has 1 N–H and O–H groups in total. The van der Waals surface area contributed by atoms with Gasteiger partial charge in [0.15, 0.2) is 0 Å². The van der Waals surface area contributed by atoms with Crippen molar-refractivity contribution in [2.45, 2.75) is 31.8 Å². The van der Waals surface area contributed by atoms with Crippen LogP contribution in [0.2, 0.25) is 0 Å². The van der Waals surface area contributed by atoms with Crippen molar-refractivity contribution in [1.82, 2.24) is 10.2 Å². The van der Waals surface area contributed by atoms with Gasteiger partial charge in [-0.15, -0.1) is 11.3 Å². The maximum atomic E-state index is 12.2. The quantitative estimate of drug-likeness (QED) is 0.775. The van der Waals surface area contributed by atoms with Crippen molar-refractivity contribution >= 4 is 29.1 Å². The summed E-state index contributed by atoms with van der Waals surface area (Å²) < 4.78 is 0. The fraction of sp³-hybridized carbons (Fsp3) is 0.417. The number of thiophene rings is 1. The molecule has 0 saturated carbocycles. The molecule has 1 saturated heterocycles. The molecule has 0 radical (unpaired) electrons. The molecule has 6 heteroatoms. The van der Waals surface area contributed by atoms with Gasteiger partial charge in [0.25, 0.3) is 5.91 Å². The number of fused-ring (bicyclic) bond motifs is 1. The van der Waals surface area contributed by atoms with E-state index in [0.717, 1.165) is 4.88 Å². The first-order valence-electron chi connectivity index (χ1n) is 5.88. The van der Waals surface area contributed by atoms with E-state index < -0.39 is 6.04 Å². The minimum atomic E-state index is -0.511. The predicted molar refractivity (Wildman–Crippen MR) is 67.1 cm³/mol. The second-order valence-electron chi connectivity index (χ2n) is 4.51. The molecule has 3 heterocycles. The fourth-order valence-electron chi connectivity index (χ4n) is 2.45. The van der Waals surface area contributed by atoms with Crippen LogP contribution in [0, 0.1) is 0 Å². The van der Waals surface area contributed by atoms with Crippen LogP contribution >= 0.6 is 11.3 Å². The first-order valence-corrected chi connectivity index (χ1v) is 6.76. The Kier molecular flexibility index (Phi) is 2.66. The third-order valence-electron chi connectivity index (χ3n) is 3.37. The van der Waals surface area contributed by atoms with Gasteiger partial charge in [-0.25, -0.2) is 0 Å². The standard InChI is InChI=1S/C12H12N2O3S.H2/c15-10-3-1-2-8(11(16)13-10)14-6-9-7(12(14)17)4-5-18-9;/h4-5,8H,1-3,6H2,(H,13,15,16);1H/t8-;/m1./s1. The highest BCUT2D eigenvalue weighted by molar-refractivity contribution is 7.10. The molecule has 3 rings (SSSR count). The molecule has 2 aliphatic heterocycles. The zero-order valence-electron chi connectivity index (χ0n) is 9.64. The molecule has 0 bridgehead atoms. The number of rotatable bonds is 1. The van der Waals surface area contributed by atoms with E-state index in [0.29, 0.717) is 31.4 Å². The summed E-state index contributed by atoms with van der Waals surface area (Å²) in [5.41, 5.74) is 0.698. The van der Waals surface area contributed by atoms with Crippen molar-refractivity contribution in [2.24, 2.45) is 0 Å². The fourth-order valence-corrected chi connectivity index (χ4v) is 3.32. The molecule has 5 nitrogen and oxygen atoms in total. The molecule has 0 aromatic carbocycles. The Balaban J connectivity index is 0.00000133. The van der Waals surface area contributed by atoms with Crippen LogP contribution in [0.15, 0.2) is 11.4 Å². The molecule has 2 aliphatic rings. The molecule has 3 amide bonds. The minimum Gasteiger partial charge on any atom is -0.321 e. The van der Waals surface area contributed by atoms with Gasteiger partial charge in [-0.1, -0.05) is 0 Å². The lowest BCUT2D eigenvalue weighted by Gasteiger charge is -2.24. The summed E-state index contributed by atoms with van der Waals surface area (Å²) in [4.78, 5) is 37.9. The van der Waals surface area contributed by atoms with Gasteiger partial charge in [-0.05, 0) is 24.3 Å². The molecule has 96 valence electrons. The van der Waals surface area contributed by atoms with Crippen LogP contribution in [0.4, 0.5) is 0 Å². The number of hydrogen-bond acceptors (Lipinski definition) is 4. The van der Waals surface area contributed by atoms with Crippen LogP contribution < -0.4 is 5.32 Å². The summed E-state index contributed by atoms with van der Waals surface area (Å²) in [6, 6.07) is 1.28. The number of carbonyl (C=O) groups excluding carboxylic acids is 3. The number of nitrogens with one attached hydrogen (secondary N) is 1. The molecule has 0 aliphatic carbocycles. The Morgan fingerprint density at radius 1 is 1.39 bits per heavy atom. The summed E-state index contributed by atoms with van der Waals surface area (Å²) in [6.45, 7) is 0.484. The largest absolute Gasteiger partial charge is 0.321 e. The number of hydrogen-bond donors (Lipinski definition) is 1. The summed E-state index contributed by atoms with van der Waals surface area (Å²) in [7, 11) is 0. The minimum absolute atomic E-state index is 0. The number of imide groups is 1. The van der Waals surface area contributed by atoms with Gasteiger partial charge in [0, 0.05) is 12.7 Å². The Morgan fingerprint density at radius 3 is 3.00 bits per heavy atom. The molecule has 0 spiro atoms. The van der Waals surface area contributed by atoms with E-state index in [4.69, 9.17) is 0 Å². The summed E-state index contributed by atoms with van der Waals surface area (Å²) in [5.74, 6) is -0.689. The summed E-state index contributed by atoms with van der Waals surface area (Å²) in [5, 5.41) is 4.23. The van der Waals surface area contributed by atoms with Crippen LogP contribution in [-0.4, -0.2) is 28.7 Å². The van der Waals surface area contributed by atoms with Crippen LogP contribution in [0.5, 0.6) is 0 Å². The molecule has 0 unspecified atom stereocenters. The monoisotopic (exact) mass is 266 g/mol. The van der Waals surface area contributed by atoms with Crippen LogP contribution in [0.3, 0.4) is 0 Å². The molecular weight excluding hydrogens is 252 g/mol. The predicted octanol–water partition coefficient (Wildman–Crippen LogP) is 1.15. The van der Waals surface area contributed by atoms with Crippen LogP contribution in [-0.2, 0) is 16.1 Å². The second-order valence-corrected chi connectivity index (χ2v) is 5.51. The van der Waals surface area contributed by atoms with E-state index in [9.17, 15) is 14.4 Å². The van der Waals surface area contributed by atoms with Crippen LogP contribution in [0.1, 0.15) is 35.9 Å². The van der Waals surface area contributed by atoms with E-state index in [1.165, 1.54) is 11.3 Å². The Morgan fingerprint density at radius 2 is 2.22 bits per heavy atom. The third kappa shape index (κ3) is 1.73. The van der Waals surface area contributed by atoms with Gasteiger partial charge < -0.3 is 4.90 Å². The van der Waals surface area contributed by atoms with Crippen molar-refractivity contribution in [1.29, 1.82) is 0 Å². The first kappa shape index (κ1) is 11.4. The van der Waals surface area contributed by atoms with E-state index in [2.05, 4.69) is 5.32 Å². The highest BCUT2D eigenvalue weighted by Crippen LogP contribution is 2.30. The topological polar surface area (TPSA) is 66.5 Å². The molecule has 1 atom stereocenters. The SMILES string of the molecule is O=C1CCC[C@@H](N2Cc3sccc3C2=O)C(=O)N1.[HH]. The lowest BCUT2D eigenvalue weighted by Crippen LogP contribution is -2.46. The average Bonchev–Trinajstić information content (AvgIpc) is 2.84. The van der Waals surface area contributed by atoms with Crippen molar-refractivity contribution in [2.75, 3.05) is 0 Å². The smallest absolute Gasteiger partial charge is 0.256 e. The Hall–Kier alpha value is -1.69. The van der Waals surface area contributed by atoms with Gasteiger partial charge in [0.1, 0.15) is 6.04 Å². The number of nitrogens with zero attached hydrogens (tertiary/aromatic N) is 1. The maximum absolute atomic E-state index is 12.2. The van der Waals surface area contributed by atoms with E-state index in [1.807, 2.05) is 5.38 Å².